The van der Waals surface area contributed by atoms with Gasteiger partial charge in [0.2, 0.25) is 0 Å². The van der Waals surface area contributed by atoms with Crippen molar-refractivity contribution >= 4 is 11.9 Å². The van der Waals surface area contributed by atoms with Crippen LogP contribution in [-0.2, 0) is 0 Å². The average Bonchev–Trinajstić information content (AvgIpc) is 2.69. The maximum atomic E-state index is 11.9. The summed E-state index contributed by atoms with van der Waals surface area (Å²) < 4.78 is 10.9. The van der Waals surface area contributed by atoms with Gasteiger partial charge in [-0.2, -0.15) is 0 Å². The summed E-state index contributed by atoms with van der Waals surface area (Å²) in [4.78, 5) is 11.9. The predicted octanol–water partition coefficient (Wildman–Crippen LogP) is 5.54. The largest absolute Gasteiger partial charge is 0.494 e. The average molecular weight is 368 g/mol. The normalized spacial score (nSPS) is 10.3. The second kappa shape index (κ2) is 11.7. The second-order valence-corrected chi connectivity index (χ2v) is 6.34. The summed E-state index contributed by atoms with van der Waals surface area (Å²) in [5.74, 6) is 1.16. The van der Waals surface area contributed by atoms with Gasteiger partial charge in [-0.15, -0.1) is 0 Å². The third-order valence-corrected chi connectivity index (χ3v) is 4.09. The van der Waals surface area contributed by atoms with E-state index < -0.39 is 6.09 Å². The number of ether oxygens (including phenoxy) is 2. The van der Waals surface area contributed by atoms with Gasteiger partial charge in [-0.05, 0) is 30.7 Å². The predicted molar refractivity (Wildman–Crippen MR) is 108 cm³/mol. The lowest BCUT2D eigenvalue weighted by atomic mass is 10.1. The van der Waals surface area contributed by atoms with Crippen LogP contribution in [-0.4, -0.2) is 18.5 Å². The van der Waals surface area contributed by atoms with Gasteiger partial charge in [0.05, 0.1) is 6.61 Å². The van der Waals surface area contributed by atoms with Crippen molar-refractivity contribution in [2.24, 2.45) is 0 Å². The Morgan fingerprint density at radius 3 is 2.22 bits per heavy atom. The topological polar surface area (TPSA) is 71.4 Å². The molecule has 5 nitrogen and oxygen atoms in total. The molecule has 2 aromatic carbocycles. The van der Waals surface area contributed by atoms with Crippen molar-refractivity contribution in [1.82, 2.24) is 5.32 Å². The van der Waals surface area contributed by atoms with Gasteiger partial charge < -0.3 is 9.47 Å². The standard InChI is InChI=1S/C22H28N2O3/c1-2-3-4-5-6-10-17-26-19-13-15-20(16-14-19)27-22(25)24-21(23)18-11-8-7-9-12-18/h7-9,11-16H,2-6,10,17H2,1H3,(H2,23,24,25). The SMILES string of the molecule is CCCCCCCCOc1ccc(OC(=O)NC(=N)c2ccccc2)cc1. The fourth-order valence-electron chi connectivity index (χ4n) is 2.59. The van der Waals surface area contributed by atoms with Crippen molar-refractivity contribution in [2.45, 2.75) is 45.4 Å². The number of unbranched alkanes of at least 4 members (excludes halogenated alkanes) is 5. The lowest BCUT2D eigenvalue weighted by Gasteiger charge is -2.09. The van der Waals surface area contributed by atoms with Crippen LogP contribution in [0.2, 0.25) is 0 Å². The summed E-state index contributed by atoms with van der Waals surface area (Å²) in [6, 6.07) is 15.9. The molecule has 0 unspecified atom stereocenters. The Kier molecular flexibility index (Phi) is 8.90. The van der Waals surface area contributed by atoms with Crippen LogP contribution in [0.5, 0.6) is 11.5 Å². The van der Waals surface area contributed by atoms with E-state index in [1.165, 1.54) is 32.1 Å². The highest BCUT2D eigenvalue weighted by atomic mass is 16.6. The van der Waals surface area contributed by atoms with Crippen molar-refractivity contribution in [3.63, 3.8) is 0 Å². The first kappa shape index (κ1) is 20.5. The van der Waals surface area contributed by atoms with Gasteiger partial charge >= 0.3 is 6.09 Å². The Bertz CT molecular complexity index is 699. The maximum absolute atomic E-state index is 11.9. The molecule has 2 aromatic rings. The summed E-state index contributed by atoms with van der Waals surface area (Å²) >= 11 is 0. The van der Waals surface area contributed by atoms with Crippen LogP contribution in [0.15, 0.2) is 54.6 Å². The Balaban J connectivity index is 1.68. The number of carbonyl (C=O) groups is 1. The summed E-state index contributed by atoms with van der Waals surface area (Å²) in [7, 11) is 0. The number of nitrogens with one attached hydrogen (secondary N) is 2. The highest BCUT2D eigenvalue weighted by Crippen LogP contribution is 2.18. The zero-order valence-electron chi connectivity index (χ0n) is 15.9. The molecule has 0 radical (unpaired) electrons. The maximum Gasteiger partial charge on any atom is 0.418 e. The highest BCUT2D eigenvalue weighted by molar-refractivity contribution is 6.04. The Morgan fingerprint density at radius 2 is 1.52 bits per heavy atom. The molecule has 5 heteroatoms. The van der Waals surface area contributed by atoms with Gasteiger partial charge in [-0.25, -0.2) is 4.79 Å². The van der Waals surface area contributed by atoms with Gasteiger partial charge in [-0.3, -0.25) is 10.7 Å². The molecule has 0 heterocycles. The monoisotopic (exact) mass is 368 g/mol. The van der Waals surface area contributed by atoms with Gasteiger partial charge in [0, 0.05) is 5.56 Å². The number of benzene rings is 2. The van der Waals surface area contributed by atoms with E-state index in [9.17, 15) is 4.79 Å². The zero-order valence-corrected chi connectivity index (χ0v) is 15.9. The molecule has 0 saturated heterocycles. The zero-order chi connectivity index (χ0) is 19.3. The van der Waals surface area contributed by atoms with E-state index in [1.54, 1.807) is 48.5 Å². The van der Waals surface area contributed by atoms with Crippen LogP contribution in [0.25, 0.3) is 0 Å². The van der Waals surface area contributed by atoms with Crippen LogP contribution in [0.4, 0.5) is 4.79 Å². The first-order valence-electron chi connectivity index (χ1n) is 9.54. The number of hydrogen-bond donors (Lipinski definition) is 2. The minimum Gasteiger partial charge on any atom is -0.494 e. The van der Waals surface area contributed by atoms with E-state index in [1.807, 2.05) is 6.07 Å². The molecule has 0 aromatic heterocycles. The molecule has 0 aliphatic rings. The molecule has 2 rings (SSSR count). The van der Waals surface area contributed by atoms with Crippen molar-refractivity contribution in [2.75, 3.05) is 6.61 Å². The van der Waals surface area contributed by atoms with Crippen LogP contribution >= 0.6 is 0 Å². The first-order valence-corrected chi connectivity index (χ1v) is 9.54. The van der Waals surface area contributed by atoms with Gasteiger partial charge in [-0.1, -0.05) is 69.4 Å². The Hall–Kier alpha value is -2.82. The van der Waals surface area contributed by atoms with Crippen molar-refractivity contribution in [1.29, 1.82) is 5.41 Å². The Morgan fingerprint density at radius 1 is 0.889 bits per heavy atom. The lowest BCUT2D eigenvalue weighted by Crippen LogP contribution is -2.32. The smallest absolute Gasteiger partial charge is 0.418 e. The quantitative estimate of drug-likeness (QED) is 0.328. The van der Waals surface area contributed by atoms with Crippen LogP contribution < -0.4 is 14.8 Å². The molecule has 0 saturated carbocycles. The van der Waals surface area contributed by atoms with Crippen molar-refractivity contribution in [3.05, 3.63) is 60.2 Å². The van der Waals surface area contributed by atoms with Crippen molar-refractivity contribution < 1.29 is 14.3 Å². The molecular weight excluding hydrogens is 340 g/mol. The van der Waals surface area contributed by atoms with E-state index in [2.05, 4.69) is 12.2 Å². The summed E-state index contributed by atoms with van der Waals surface area (Å²) in [6.45, 7) is 2.91. The molecule has 27 heavy (non-hydrogen) atoms. The molecule has 0 spiro atoms. The second-order valence-electron chi connectivity index (χ2n) is 6.34. The number of rotatable bonds is 10. The van der Waals surface area contributed by atoms with Gasteiger partial charge in [0.25, 0.3) is 0 Å². The van der Waals surface area contributed by atoms with E-state index in [0.717, 1.165) is 12.2 Å². The minimum atomic E-state index is -0.690. The lowest BCUT2D eigenvalue weighted by molar-refractivity contribution is 0.206. The first-order chi connectivity index (χ1) is 13.2. The third kappa shape index (κ3) is 7.94. The van der Waals surface area contributed by atoms with E-state index in [-0.39, 0.29) is 5.84 Å². The molecular formula is C22H28N2O3. The summed E-state index contributed by atoms with van der Waals surface area (Å²) in [6.07, 6.45) is 6.67. The fourth-order valence-corrected chi connectivity index (χ4v) is 2.59. The van der Waals surface area contributed by atoms with Crippen LogP contribution in [0, 0.1) is 5.41 Å². The molecule has 0 aliphatic heterocycles. The Labute approximate surface area is 161 Å². The number of carbonyl (C=O) groups excluding carboxylic acids is 1. The van der Waals surface area contributed by atoms with E-state index >= 15 is 0 Å². The molecule has 1 amide bonds. The van der Waals surface area contributed by atoms with E-state index in [4.69, 9.17) is 14.9 Å². The number of amidine groups is 1. The van der Waals surface area contributed by atoms with Gasteiger partial charge in [0.1, 0.15) is 17.3 Å². The van der Waals surface area contributed by atoms with Crippen LogP contribution in [0.3, 0.4) is 0 Å². The number of amides is 1. The summed E-state index contributed by atoms with van der Waals surface area (Å²) in [5, 5.41) is 10.3. The van der Waals surface area contributed by atoms with Crippen molar-refractivity contribution in [3.8, 4) is 11.5 Å². The molecule has 0 atom stereocenters. The van der Waals surface area contributed by atoms with E-state index in [0.29, 0.717) is 17.9 Å². The fraction of sp³-hybridized carbons (Fsp3) is 0.364. The third-order valence-electron chi connectivity index (χ3n) is 4.09. The highest BCUT2D eigenvalue weighted by Gasteiger charge is 2.09. The summed E-state index contributed by atoms with van der Waals surface area (Å²) in [5.41, 5.74) is 0.618. The molecule has 144 valence electrons. The number of hydrogen-bond acceptors (Lipinski definition) is 4. The molecule has 2 N–H and O–H groups in total. The molecule has 0 bridgehead atoms. The molecule has 0 fully saturated rings. The minimum absolute atomic E-state index is 0.000472. The van der Waals surface area contributed by atoms with Crippen LogP contribution in [0.1, 0.15) is 51.0 Å². The van der Waals surface area contributed by atoms with Gasteiger partial charge in [0.15, 0.2) is 0 Å². The molecule has 0 aliphatic carbocycles.